The number of carbonyl (C=O) groups is 1. The number of amides is 1. The Morgan fingerprint density at radius 1 is 1.18 bits per heavy atom. The van der Waals surface area contributed by atoms with Crippen LogP contribution in [-0.4, -0.2) is 38.1 Å². The summed E-state index contributed by atoms with van der Waals surface area (Å²) in [5.41, 5.74) is 3.69. The van der Waals surface area contributed by atoms with Crippen molar-refractivity contribution >= 4 is 28.9 Å². The summed E-state index contributed by atoms with van der Waals surface area (Å²) in [6, 6.07) is 16.7. The number of nitrogens with one attached hydrogen (secondary N) is 1. The van der Waals surface area contributed by atoms with Gasteiger partial charge in [-0.05, 0) is 42.2 Å². The zero-order chi connectivity index (χ0) is 19.7. The summed E-state index contributed by atoms with van der Waals surface area (Å²) in [5.74, 6) is 0.576. The van der Waals surface area contributed by atoms with Gasteiger partial charge < -0.3 is 15.1 Å². The van der Waals surface area contributed by atoms with E-state index in [2.05, 4.69) is 59.3 Å². The molecular formula is C23H28ClN3O. The van der Waals surface area contributed by atoms with Crippen molar-refractivity contribution in [3.63, 3.8) is 0 Å². The maximum absolute atomic E-state index is 13.1. The summed E-state index contributed by atoms with van der Waals surface area (Å²) in [4.78, 5) is 17.9. The zero-order valence-electron chi connectivity index (χ0n) is 16.6. The normalized spacial score (nSPS) is 21.3. The fourth-order valence-electron chi connectivity index (χ4n) is 4.40. The minimum atomic E-state index is -0.0457. The van der Waals surface area contributed by atoms with E-state index in [1.54, 1.807) is 0 Å². The monoisotopic (exact) mass is 397 g/mol. The molecule has 1 N–H and O–H groups in total. The van der Waals surface area contributed by atoms with Crippen LogP contribution in [0.1, 0.15) is 19.4 Å². The van der Waals surface area contributed by atoms with E-state index in [0.29, 0.717) is 5.92 Å². The molecule has 0 aliphatic carbocycles. The lowest BCUT2D eigenvalue weighted by atomic mass is 9.83. The average molecular weight is 398 g/mol. The van der Waals surface area contributed by atoms with E-state index in [1.165, 1.54) is 11.3 Å². The molecule has 2 aromatic carbocycles. The van der Waals surface area contributed by atoms with Gasteiger partial charge in [0, 0.05) is 42.6 Å². The van der Waals surface area contributed by atoms with Gasteiger partial charge >= 0.3 is 0 Å². The molecule has 4 nitrogen and oxygen atoms in total. The average Bonchev–Trinajstić information content (AvgIpc) is 2.71. The number of hydrogen-bond acceptors (Lipinski definition) is 3. The molecule has 0 spiro atoms. The minimum absolute atomic E-state index is 0.0457. The van der Waals surface area contributed by atoms with Crippen LogP contribution in [-0.2, 0) is 11.2 Å². The van der Waals surface area contributed by atoms with Gasteiger partial charge in [-0.15, -0.1) is 0 Å². The SMILES string of the molecule is CC(C)CNC(=O)[C@@H]1Cc2ccccc2N2CCN(c3cccc(Cl)c3)C[C@H]12. The van der Waals surface area contributed by atoms with Crippen LogP contribution >= 0.6 is 11.6 Å². The second-order valence-electron chi connectivity index (χ2n) is 8.26. The number of carbonyl (C=O) groups excluding carboxylic acids is 1. The van der Waals surface area contributed by atoms with Crippen LogP contribution in [0.2, 0.25) is 5.02 Å². The van der Waals surface area contributed by atoms with E-state index in [0.717, 1.165) is 43.3 Å². The molecule has 2 aromatic rings. The molecule has 5 heteroatoms. The van der Waals surface area contributed by atoms with E-state index in [4.69, 9.17) is 11.6 Å². The van der Waals surface area contributed by atoms with Gasteiger partial charge in [-0.25, -0.2) is 0 Å². The number of piperazine rings is 1. The molecule has 1 amide bonds. The number of hydrogen-bond donors (Lipinski definition) is 1. The van der Waals surface area contributed by atoms with Gasteiger partial charge in [-0.3, -0.25) is 4.79 Å². The molecule has 4 rings (SSSR count). The highest BCUT2D eigenvalue weighted by molar-refractivity contribution is 6.30. The summed E-state index contributed by atoms with van der Waals surface area (Å²) in [6.07, 6.45) is 0.796. The van der Waals surface area contributed by atoms with E-state index >= 15 is 0 Å². The topological polar surface area (TPSA) is 35.6 Å². The molecule has 2 atom stereocenters. The lowest BCUT2D eigenvalue weighted by Crippen LogP contribution is -2.61. The van der Waals surface area contributed by atoms with Gasteiger partial charge in [0.2, 0.25) is 5.91 Å². The van der Waals surface area contributed by atoms with Crippen molar-refractivity contribution in [2.75, 3.05) is 36.0 Å². The van der Waals surface area contributed by atoms with E-state index in [9.17, 15) is 4.79 Å². The Morgan fingerprint density at radius 3 is 2.79 bits per heavy atom. The number of rotatable bonds is 4. The Labute approximate surface area is 172 Å². The molecule has 28 heavy (non-hydrogen) atoms. The van der Waals surface area contributed by atoms with Crippen molar-refractivity contribution < 1.29 is 4.79 Å². The fourth-order valence-corrected chi connectivity index (χ4v) is 4.59. The predicted octanol–water partition coefficient (Wildman–Crippen LogP) is 3.98. The highest BCUT2D eigenvalue weighted by Gasteiger charge is 2.41. The first-order chi connectivity index (χ1) is 13.5. The Hall–Kier alpha value is -2.20. The van der Waals surface area contributed by atoms with Crippen molar-refractivity contribution in [1.29, 1.82) is 0 Å². The minimum Gasteiger partial charge on any atom is -0.368 e. The third kappa shape index (κ3) is 3.83. The third-order valence-corrected chi connectivity index (χ3v) is 6.05. The quantitative estimate of drug-likeness (QED) is 0.847. The highest BCUT2D eigenvalue weighted by Crippen LogP contribution is 2.37. The first-order valence-corrected chi connectivity index (χ1v) is 10.5. The van der Waals surface area contributed by atoms with Gasteiger partial charge in [0.25, 0.3) is 0 Å². The van der Waals surface area contributed by atoms with E-state index in [-0.39, 0.29) is 17.9 Å². The lowest BCUT2D eigenvalue weighted by Gasteiger charge is -2.49. The number of halogens is 1. The number of benzene rings is 2. The molecule has 148 valence electrons. The molecule has 0 bridgehead atoms. The van der Waals surface area contributed by atoms with Gasteiger partial charge in [0.1, 0.15) is 0 Å². The number of fused-ring (bicyclic) bond motifs is 3. The standard InChI is InChI=1S/C23H28ClN3O/c1-16(2)14-25-23(28)20-12-17-6-3-4-9-21(17)27-11-10-26(15-22(20)27)19-8-5-7-18(24)13-19/h3-9,13,16,20,22H,10-12,14-15H2,1-2H3,(H,25,28)/t20-,22-/m1/s1. The third-order valence-electron chi connectivity index (χ3n) is 5.82. The molecule has 0 saturated carbocycles. The molecule has 1 saturated heterocycles. The second-order valence-corrected chi connectivity index (χ2v) is 8.70. The molecular weight excluding hydrogens is 370 g/mol. The number of anilines is 2. The Balaban J connectivity index is 1.62. The van der Waals surface area contributed by atoms with Crippen LogP contribution in [0.25, 0.3) is 0 Å². The first-order valence-electron chi connectivity index (χ1n) is 10.2. The van der Waals surface area contributed by atoms with Crippen LogP contribution in [0.4, 0.5) is 11.4 Å². The Bertz CT molecular complexity index is 853. The van der Waals surface area contributed by atoms with Crippen LogP contribution in [0.3, 0.4) is 0 Å². The fraction of sp³-hybridized carbons (Fsp3) is 0.435. The molecule has 0 unspecified atom stereocenters. The zero-order valence-corrected chi connectivity index (χ0v) is 17.3. The van der Waals surface area contributed by atoms with Gasteiger partial charge in [0.05, 0.1) is 12.0 Å². The molecule has 2 aliphatic rings. The Kier molecular flexibility index (Phi) is 5.49. The molecule has 2 heterocycles. The van der Waals surface area contributed by atoms with Crippen molar-refractivity contribution in [1.82, 2.24) is 5.32 Å². The van der Waals surface area contributed by atoms with Gasteiger partial charge in [-0.1, -0.05) is 49.7 Å². The van der Waals surface area contributed by atoms with Crippen LogP contribution in [0.5, 0.6) is 0 Å². The van der Waals surface area contributed by atoms with Crippen molar-refractivity contribution in [2.45, 2.75) is 26.3 Å². The molecule has 0 aromatic heterocycles. The molecule has 1 fully saturated rings. The smallest absolute Gasteiger partial charge is 0.225 e. The maximum atomic E-state index is 13.1. The van der Waals surface area contributed by atoms with Crippen molar-refractivity contribution in [3.8, 4) is 0 Å². The van der Waals surface area contributed by atoms with E-state index in [1.807, 2.05) is 18.2 Å². The summed E-state index contributed by atoms with van der Waals surface area (Å²) in [6.45, 7) is 7.64. The van der Waals surface area contributed by atoms with Crippen molar-refractivity contribution in [2.24, 2.45) is 11.8 Å². The summed E-state index contributed by atoms with van der Waals surface area (Å²) in [7, 11) is 0. The molecule has 2 aliphatic heterocycles. The van der Waals surface area contributed by atoms with Crippen LogP contribution in [0, 0.1) is 11.8 Å². The summed E-state index contributed by atoms with van der Waals surface area (Å²) in [5, 5.41) is 3.92. The first kappa shape index (κ1) is 19.1. The maximum Gasteiger partial charge on any atom is 0.225 e. The van der Waals surface area contributed by atoms with Gasteiger partial charge in [0.15, 0.2) is 0 Å². The summed E-state index contributed by atoms with van der Waals surface area (Å²) < 4.78 is 0. The Morgan fingerprint density at radius 2 is 2.00 bits per heavy atom. The second kappa shape index (κ2) is 8.04. The highest BCUT2D eigenvalue weighted by atomic mass is 35.5. The van der Waals surface area contributed by atoms with Crippen LogP contribution in [0.15, 0.2) is 48.5 Å². The number of para-hydroxylation sites is 1. The van der Waals surface area contributed by atoms with E-state index < -0.39 is 0 Å². The van der Waals surface area contributed by atoms with Gasteiger partial charge in [-0.2, -0.15) is 0 Å². The number of nitrogens with zero attached hydrogens (tertiary/aromatic N) is 2. The van der Waals surface area contributed by atoms with Crippen LogP contribution < -0.4 is 15.1 Å². The molecule has 0 radical (unpaired) electrons. The predicted molar refractivity (Wildman–Crippen MR) is 116 cm³/mol. The largest absolute Gasteiger partial charge is 0.368 e. The lowest BCUT2D eigenvalue weighted by molar-refractivity contribution is -0.126. The summed E-state index contributed by atoms with van der Waals surface area (Å²) >= 11 is 6.22. The van der Waals surface area contributed by atoms with Crippen molar-refractivity contribution in [3.05, 3.63) is 59.1 Å².